The van der Waals surface area contributed by atoms with Crippen molar-refractivity contribution in [3.8, 4) is 0 Å². The van der Waals surface area contributed by atoms with Crippen molar-refractivity contribution in [2.45, 2.75) is 135 Å². The number of rotatable bonds is 27. The molecular weight excluding hydrogens is 533 g/mol. The summed E-state index contributed by atoms with van der Waals surface area (Å²) in [6.45, 7) is 3.87. The summed E-state index contributed by atoms with van der Waals surface area (Å²) in [6, 6.07) is 0. The second-order valence-corrected chi connectivity index (χ2v) is 13.9. The summed E-state index contributed by atoms with van der Waals surface area (Å²) >= 11 is 0. The Balaban J connectivity index is 0.0000152. The molecule has 0 spiro atoms. The molecule has 40 heavy (non-hydrogen) atoms. The average molecular weight is 596 g/mol. The van der Waals surface area contributed by atoms with Crippen LogP contribution in [0.1, 0.15) is 129 Å². The van der Waals surface area contributed by atoms with Crippen LogP contribution in [0.5, 0.6) is 0 Å². The van der Waals surface area contributed by atoms with Crippen LogP contribution in [0.25, 0.3) is 0 Å². The lowest BCUT2D eigenvalue weighted by Gasteiger charge is -2.28. The highest BCUT2D eigenvalue weighted by Gasteiger charge is 2.41. The highest BCUT2D eigenvalue weighted by Crippen LogP contribution is 2.44. The number of hydrogen-bond donors (Lipinski definition) is 1. The van der Waals surface area contributed by atoms with Gasteiger partial charge in [-0.1, -0.05) is 103 Å². The van der Waals surface area contributed by atoms with Crippen LogP contribution < -0.4 is 0 Å². The van der Waals surface area contributed by atoms with Gasteiger partial charge in [-0.15, -0.1) is 0 Å². The lowest BCUT2D eigenvalue weighted by Crippen LogP contribution is -2.37. The van der Waals surface area contributed by atoms with Gasteiger partial charge in [0, 0.05) is 25.9 Å². The first-order valence-electron chi connectivity index (χ1n) is 15.8. The number of cyclic esters (lactones) is 1. The molecule has 0 bridgehead atoms. The maximum Gasteiger partial charge on any atom is 0.472 e. The lowest BCUT2D eigenvalue weighted by molar-refractivity contribution is -0.870. The molecule has 1 aliphatic heterocycles. The molecule has 1 heterocycles. The minimum Gasteiger partial charge on any atom is -0.870 e. The molecule has 0 aromatic carbocycles. The molecule has 2 N–H and O–H groups in total. The maximum atomic E-state index is 12.1. The van der Waals surface area contributed by atoms with Gasteiger partial charge in [-0.3, -0.25) is 13.8 Å². The number of nitrogens with zero attached hydrogens (tertiary/aromatic N) is 1. The molecule has 10 heteroatoms. The summed E-state index contributed by atoms with van der Waals surface area (Å²) in [5.41, 5.74) is -0.783. The third-order valence-electron chi connectivity index (χ3n) is 7.45. The smallest absolute Gasteiger partial charge is 0.472 e. The molecule has 1 rings (SSSR count). The molecule has 0 amide bonds. The van der Waals surface area contributed by atoms with Crippen molar-refractivity contribution in [1.29, 1.82) is 0 Å². The monoisotopic (exact) mass is 595 g/mol. The zero-order valence-electron chi connectivity index (χ0n) is 26.2. The van der Waals surface area contributed by atoms with Gasteiger partial charge in [-0.2, -0.15) is 0 Å². The molecular formula is C30H62NO8P. The van der Waals surface area contributed by atoms with Crippen LogP contribution >= 0.6 is 7.82 Å². The van der Waals surface area contributed by atoms with Crippen LogP contribution in [0.2, 0.25) is 0 Å². The molecule has 240 valence electrons. The first-order chi connectivity index (χ1) is 18.6. The van der Waals surface area contributed by atoms with Gasteiger partial charge in [0.1, 0.15) is 18.8 Å². The zero-order chi connectivity index (χ0) is 28.9. The Hall–Kier alpha value is -0.540. The van der Waals surface area contributed by atoms with E-state index in [2.05, 4.69) is 6.92 Å². The van der Waals surface area contributed by atoms with Crippen LogP contribution in [-0.4, -0.2) is 80.5 Å². The number of hydrogen-bond acceptors (Lipinski definition) is 7. The Morgan fingerprint density at radius 3 is 1.73 bits per heavy atom. The van der Waals surface area contributed by atoms with E-state index in [1.807, 2.05) is 21.1 Å². The lowest BCUT2D eigenvalue weighted by atomic mass is 9.97. The quantitative estimate of drug-likeness (QED) is 0.0451. The molecule has 2 unspecified atom stereocenters. The fourth-order valence-corrected chi connectivity index (χ4v) is 5.56. The van der Waals surface area contributed by atoms with E-state index in [1.165, 1.54) is 89.9 Å². The Bertz CT molecular complexity index is 673. The summed E-state index contributed by atoms with van der Waals surface area (Å²) in [6.07, 6.45) is 22.5. The predicted octanol–water partition coefficient (Wildman–Crippen LogP) is 7.39. The van der Waals surface area contributed by atoms with Gasteiger partial charge < -0.3 is 24.3 Å². The van der Waals surface area contributed by atoms with E-state index in [9.17, 15) is 14.3 Å². The standard InChI is InChI=1S/C30H60NO7P.H2O/c1-5-6-7-8-9-10-11-12-13-14-15-16-17-18-19-20-25-35-28-30(22-21-29(32)38-30)23-26-36-39(33,34)37-27-24-31(2,3)4;/h5-28H2,1-4H3;1H2. The van der Waals surface area contributed by atoms with E-state index in [1.54, 1.807) is 0 Å². The van der Waals surface area contributed by atoms with Gasteiger partial charge in [0.2, 0.25) is 0 Å². The van der Waals surface area contributed by atoms with Crippen molar-refractivity contribution in [3.05, 3.63) is 0 Å². The largest absolute Gasteiger partial charge is 0.870 e. The van der Waals surface area contributed by atoms with Crippen molar-refractivity contribution in [2.24, 2.45) is 0 Å². The fourth-order valence-electron chi connectivity index (χ4n) is 4.85. The van der Waals surface area contributed by atoms with Gasteiger partial charge in [-0.25, -0.2) is 4.57 Å². The molecule has 2 atom stereocenters. The third-order valence-corrected chi connectivity index (χ3v) is 8.47. The zero-order valence-corrected chi connectivity index (χ0v) is 27.1. The minimum absolute atomic E-state index is 0. The number of unbranched alkanes of at least 4 members (excludes halogenated alkanes) is 15. The molecule has 1 saturated heterocycles. The van der Waals surface area contributed by atoms with Crippen molar-refractivity contribution in [3.63, 3.8) is 0 Å². The number of phosphoric acid groups is 1. The van der Waals surface area contributed by atoms with E-state index in [4.69, 9.17) is 18.5 Å². The highest BCUT2D eigenvalue weighted by molar-refractivity contribution is 7.47. The first kappa shape index (κ1) is 39.5. The molecule has 0 radical (unpaired) electrons. The average Bonchev–Trinajstić information content (AvgIpc) is 3.22. The number of carbonyl (C=O) groups is 1. The van der Waals surface area contributed by atoms with Crippen LogP contribution in [-0.2, 0) is 27.9 Å². The number of quaternary nitrogens is 1. The number of carbonyl (C=O) groups excluding carboxylic acids is 1. The van der Waals surface area contributed by atoms with Gasteiger partial charge in [0.05, 0.1) is 34.4 Å². The topological polar surface area (TPSA) is 121 Å². The SMILES string of the molecule is CCCCCCCCCCCCCCCCCCOCC1(CCOP(=O)(O)OCC[N+](C)(C)C)CCC(=O)O1.[OH-]. The van der Waals surface area contributed by atoms with E-state index in [0.717, 1.165) is 12.8 Å². The van der Waals surface area contributed by atoms with Crippen LogP contribution in [0.4, 0.5) is 0 Å². The van der Waals surface area contributed by atoms with E-state index in [-0.39, 0.29) is 24.7 Å². The van der Waals surface area contributed by atoms with E-state index < -0.39 is 13.4 Å². The van der Waals surface area contributed by atoms with Crippen molar-refractivity contribution in [1.82, 2.24) is 0 Å². The Morgan fingerprint density at radius 2 is 1.27 bits per heavy atom. The highest BCUT2D eigenvalue weighted by atomic mass is 31.2. The van der Waals surface area contributed by atoms with Crippen molar-refractivity contribution < 1.29 is 42.7 Å². The summed E-state index contributed by atoms with van der Waals surface area (Å²) in [4.78, 5) is 21.7. The van der Waals surface area contributed by atoms with E-state index >= 15 is 0 Å². The second-order valence-electron chi connectivity index (χ2n) is 12.4. The summed E-state index contributed by atoms with van der Waals surface area (Å²) < 4.78 is 34.4. The number of esters is 1. The van der Waals surface area contributed by atoms with Crippen molar-refractivity contribution in [2.75, 3.05) is 54.1 Å². The first-order valence-corrected chi connectivity index (χ1v) is 17.3. The van der Waals surface area contributed by atoms with Crippen LogP contribution in [0.15, 0.2) is 0 Å². The molecule has 9 nitrogen and oxygen atoms in total. The summed E-state index contributed by atoms with van der Waals surface area (Å²) in [5, 5.41) is 0. The summed E-state index contributed by atoms with van der Waals surface area (Å²) in [5.74, 6) is -0.257. The minimum atomic E-state index is -4.14. The van der Waals surface area contributed by atoms with Crippen molar-refractivity contribution >= 4 is 13.8 Å². The number of phosphoric ester groups is 1. The predicted molar refractivity (Wildman–Crippen MR) is 160 cm³/mol. The molecule has 1 aliphatic rings. The maximum absolute atomic E-state index is 12.1. The Labute approximate surface area is 245 Å². The number of ether oxygens (including phenoxy) is 2. The normalized spacial score (nSPS) is 18.9. The molecule has 0 aliphatic carbocycles. The number of likely N-dealkylation sites (N-methyl/N-ethyl adjacent to an activating group) is 1. The van der Waals surface area contributed by atoms with Gasteiger partial charge >= 0.3 is 13.8 Å². The second kappa shape index (κ2) is 23.0. The molecule has 0 aromatic rings. The molecule has 0 saturated carbocycles. The van der Waals surface area contributed by atoms with Gasteiger partial charge in [0.25, 0.3) is 0 Å². The fraction of sp³-hybridized carbons (Fsp3) is 0.967. The van der Waals surface area contributed by atoms with Crippen LogP contribution in [0, 0.1) is 0 Å². The van der Waals surface area contributed by atoms with Gasteiger partial charge in [0.15, 0.2) is 0 Å². The Morgan fingerprint density at radius 1 is 0.800 bits per heavy atom. The van der Waals surface area contributed by atoms with Crippen LogP contribution in [0.3, 0.4) is 0 Å². The molecule has 0 aromatic heterocycles. The van der Waals surface area contributed by atoms with E-state index in [0.29, 0.717) is 43.5 Å². The van der Waals surface area contributed by atoms with Gasteiger partial charge in [-0.05, 0) is 6.42 Å². The third kappa shape index (κ3) is 22.1. The molecule has 1 fully saturated rings. The Kier molecular flexibility index (Phi) is 22.7. The summed E-state index contributed by atoms with van der Waals surface area (Å²) in [7, 11) is 1.79.